The van der Waals surface area contributed by atoms with Crippen LogP contribution >= 0.6 is 91.7 Å². The van der Waals surface area contributed by atoms with Gasteiger partial charge < -0.3 is 0 Å². The lowest BCUT2D eigenvalue weighted by Crippen LogP contribution is -1.86. The van der Waals surface area contributed by atoms with Gasteiger partial charge in [0.2, 0.25) is 0 Å². The molecule has 0 bridgehead atoms. The monoisotopic (exact) mass is 1510 g/mol. The fraction of sp³-hybridized carbons (Fsp3) is 0.349. The minimum absolute atomic E-state index is 0. The summed E-state index contributed by atoms with van der Waals surface area (Å²) in [6, 6.07) is 51.2. The van der Waals surface area contributed by atoms with E-state index < -0.39 is 0 Å². The second kappa shape index (κ2) is 43.2. The van der Waals surface area contributed by atoms with E-state index in [0.29, 0.717) is 47.3 Å². The zero-order valence-corrected chi connectivity index (χ0v) is 64.5. The van der Waals surface area contributed by atoms with Crippen LogP contribution in [0.1, 0.15) is 247 Å². The van der Waals surface area contributed by atoms with Crippen LogP contribution in [0.5, 0.6) is 0 Å². The lowest BCUT2D eigenvalue weighted by atomic mass is 10.0. The largest absolute Gasteiger partial charge is 0.245 e. The second-order valence-electron chi connectivity index (χ2n) is 25.9. The maximum atomic E-state index is 4.44. The van der Waals surface area contributed by atoms with Crippen LogP contribution < -0.4 is 0 Å². The molecule has 0 aliphatic heterocycles. The van der Waals surface area contributed by atoms with Crippen LogP contribution in [0.2, 0.25) is 0 Å². The maximum Gasteiger partial charge on any atom is 0.123 e. The number of benzene rings is 6. The van der Waals surface area contributed by atoms with E-state index in [1.54, 1.807) is 91.7 Å². The SMILES string of the molecule is C.C.C.C.C.C.CC(C)c1cc2cccnc2s1.CC(C)c1ccc2cnsc2c1.CC(C)c1ccc2sncc2c1.CC(C)c1cccc2cnsc12.CC(C)c1cccc2ncsc12.CC(C)c1cccc2sncc12.CC(C)c1csc2ncccc12.CC(C)c1nsc2ccccc12. The van der Waals surface area contributed by atoms with E-state index in [1.807, 2.05) is 54.8 Å². The van der Waals surface area contributed by atoms with Gasteiger partial charge in [0.15, 0.2) is 0 Å². The van der Waals surface area contributed by atoms with Crippen LogP contribution in [0.4, 0.5) is 0 Å². The second-order valence-corrected chi connectivity index (χ2v) is 32.7. The Morgan fingerprint density at radius 2 is 0.843 bits per heavy atom. The molecule has 544 valence electrons. The minimum Gasteiger partial charge on any atom is -0.245 e. The molecule has 0 fully saturated rings. The molecule has 0 unspecified atom stereocenters. The highest BCUT2D eigenvalue weighted by Gasteiger charge is 2.12. The molecule has 0 radical (unpaired) electrons. The number of hydrogen-bond acceptors (Lipinski definition) is 16. The Labute approximate surface area is 644 Å². The predicted octanol–water partition coefficient (Wildman–Crippen LogP) is 31.2. The van der Waals surface area contributed by atoms with Gasteiger partial charge in [0.1, 0.15) is 9.66 Å². The molecule has 16 heteroatoms. The first kappa shape index (κ1) is 89.1. The van der Waals surface area contributed by atoms with E-state index in [2.05, 4.69) is 286 Å². The molecule has 10 aromatic heterocycles. The van der Waals surface area contributed by atoms with E-state index in [4.69, 9.17) is 0 Å². The third-order valence-electron chi connectivity index (χ3n) is 16.0. The lowest BCUT2D eigenvalue weighted by molar-refractivity contribution is 0.850. The van der Waals surface area contributed by atoms with Crippen molar-refractivity contribution in [2.24, 2.45) is 0 Å². The van der Waals surface area contributed by atoms with Crippen molar-refractivity contribution in [1.29, 1.82) is 0 Å². The molecule has 6 aromatic carbocycles. The van der Waals surface area contributed by atoms with Gasteiger partial charge >= 0.3 is 0 Å². The van der Waals surface area contributed by atoms with Gasteiger partial charge in [-0.25, -0.2) is 15.0 Å². The smallest absolute Gasteiger partial charge is 0.123 e. The van der Waals surface area contributed by atoms with Crippen molar-refractivity contribution < 1.29 is 0 Å². The Hall–Kier alpha value is -7.12. The molecule has 0 saturated carbocycles. The first-order chi connectivity index (χ1) is 46.3. The number of fused-ring (bicyclic) bond motifs is 8. The number of thiazole rings is 1. The normalized spacial score (nSPS) is 10.6. The van der Waals surface area contributed by atoms with Crippen molar-refractivity contribution in [3.8, 4) is 0 Å². The topological polar surface area (TPSA) is 103 Å². The molecule has 0 spiro atoms. The van der Waals surface area contributed by atoms with Crippen LogP contribution in [-0.2, 0) is 0 Å². The van der Waals surface area contributed by atoms with Crippen LogP contribution in [0.15, 0.2) is 194 Å². The summed E-state index contributed by atoms with van der Waals surface area (Å²) in [5.41, 5.74) is 12.7. The molecule has 0 atom stereocenters. The average Bonchev–Trinajstić information content (AvgIpc) is 1.57. The fourth-order valence-corrected chi connectivity index (χ4v) is 17.3. The Morgan fingerprint density at radius 1 is 0.314 bits per heavy atom. The Balaban J connectivity index is 0.000000300. The molecule has 8 nitrogen and oxygen atoms in total. The highest BCUT2D eigenvalue weighted by Crippen LogP contribution is 2.34. The fourth-order valence-electron chi connectivity index (χ4n) is 10.5. The standard InChI is InChI=1S/8C10H11NS.6CH4/c1-7(2)8-3-4-10-9(5-8)6-11-12-10;1-7(2)8-3-4-9-6-11-12-10(9)5-8;1-7(2)9-6-12-10-8(9)4-3-5-11-10;1-7(2)8-4-3-5-10-9(8)6-11-12-10;1-7(2)8-4-3-5-9-10(8)12-6-11-9;1-7(2)9-6-8-4-3-5-11-10(8)12-9;1-7(2)9-5-3-4-8-6-11-12-10(8)9;1-7(2)10-8-5-3-4-6-9(8)12-11-10;;;;;;/h8*3-7H,1-2H3;6*1H4. The zero-order valence-electron chi connectivity index (χ0n) is 57.9. The minimum atomic E-state index is 0. The number of rotatable bonds is 8. The highest BCUT2D eigenvalue weighted by atomic mass is 32.1. The van der Waals surface area contributed by atoms with Crippen molar-refractivity contribution in [1.82, 2.24) is 36.8 Å². The summed E-state index contributed by atoms with van der Waals surface area (Å²) in [5.74, 6) is 4.73. The van der Waals surface area contributed by atoms with Gasteiger partial charge in [-0.05, 0) is 198 Å². The number of hydrogen-bond donors (Lipinski definition) is 0. The van der Waals surface area contributed by atoms with E-state index >= 15 is 0 Å². The van der Waals surface area contributed by atoms with Gasteiger partial charge in [-0.1, -0.05) is 246 Å². The average molecular weight is 1510 g/mol. The van der Waals surface area contributed by atoms with Crippen LogP contribution in [0, 0.1) is 0 Å². The zero-order chi connectivity index (χ0) is 68.4. The summed E-state index contributed by atoms with van der Waals surface area (Å²) in [7, 11) is 0. The number of aromatic nitrogens is 8. The summed E-state index contributed by atoms with van der Waals surface area (Å²) in [6.45, 7) is 35.4. The van der Waals surface area contributed by atoms with Gasteiger partial charge in [-0.3, -0.25) is 0 Å². The Bertz CT molecular complexity index is 4580. The highest BCUT2D eigenvalue weighted by molar-refractivity contribution is 7.19. The summed E-state index contributed by atoms with van der Waals surface area (Å²) >= 11 is 13.1. The van der Waals surface area contributed by atoms with E-state index in [1.165, 1.54) is 110 Å². The first-order valence-corrected chi connectivity index (χ1v) is 39.4. The molecular formula is C86H112N8S8. The lowest BCUT2D eigenvalue weighted by Gasteiger charge is -2.05. The van der Waals surface area contributed by atoms with Crippen LogP contribution in [0.3, 0.4) is 0 Å². The molecule has 10 heterocycles. The van der Waals surface area contributed by atoms with Gasteiger partial charge in [0, 0.05) is 79.8 Å². The number of pyridine rings is 2. The van der Waals surface area contributed by atoms with Gasteiger partial charge in [0.25, 0.3) is 0 Å². The van der Waals surface area contributed by atoms with Crippen LogP contribution in [0.25, 0.3) is 81.1 Å². The van der Waals surface area contributed by atoms with E-state index in [-0.39, 0.29) is 44.6 Å². The molecule has 16 aromatic rings. The Morgan fingerprint density at radius 3 is 1.51 bits per heavy atom. The summed E-state index contributed by atoms with van der Waals surface area (Å²) in [5, 5.41) is 11.2. The van der Waals surface area contributed by atoms with E-state index in [0.717, 1.165) is 15.2 Å². The third-order valence-corrected chi connectivity index (χ3v) is 23.2. The third kappa shape index (κ3) is 23.7. The van der Waals surface area contributed by atoms with Crippen molar-refractivity contribution in [3.05, 3.63) is 238 Å². The van der Waals surface area contributed by atoms with Crippen molar-refractivity contribution in [2.45, 2.75) is 203 Å². The molecule has 102 heavy (non-hydrogen) atoms. The predicted molar refractivity (Wildman–Crippen MR) is 470 cm³/mol. The quantitative estimate of drug-likeness (QED) is 0.148. The van der Waals surface area contributed by atoms with Crippen molar-refractivity contribution >= 4 is 173 Å². The van der Waals surface area contributed by atoms with Crippen molar-refractivity contribution in [3.63, 3.8) is 0 Å². The van der Waals surface area contributed by atoms with Crippen LogP contribution in [-0.4, -0.2) is 36.8 Å². The maximum absolute atomic E-state index is 4.44. The van der Waals surface area contributed by atoms with Gasteiger partial charge in [-0.2, -0.15) is 21.9 Å². The molecule has 16 rings (SSSR count). The molecule has 0 amide bonds. The summed E-state index contributed by atoms with van der Waals surface area (Å²) in [6.07, 6.45) is 11.5. The van der Waals surface area contributed by atoms with Crippen molar-refractivity contribution in [2.75, 3.05) is 0 Å². The van der Waals surface area contributed by atoms with Gasteiger partial charge in [-0.15, -0.1) is 34.0 Å². The Kier molecular flexibility index (Phi) is 37.8. The number of thiophene rings is 2. The van der Waals surface area contributed by atoms with E-state index in [9.17, 15) is 0 Å². The molecule has 0 saturated heterocycles. The molecule has 0 aliphatic carbocycles. The molecular weight excluding hydrogens is 1400 g/mol. The summed E-state index contributed by atoms with van der Waals surface area (Å²) < 4.78 is 28.9. The molecule has 0 aliphatic rings. The first-order valence-electron chi connectivity index (χ1n) is 32.9. The number of nitrogens with zero attached hydrogens (tertiary/aromatic N) is 8. The molecule has 0 N–H and O–H groups in total. The van der Waals surface area contributed by atoms with Gasteiger partial charge in [0.05, 0.1) is 44.9 Å². The summed E-state index contributed by atoms with van der Waals surface area (Å²) in [4.78, 5) is 16.6.